The number of rotatable bonds is 1. The van der Waals surface area contributed by atoms with Crippen LogP contribution in [-0.4, -0.2) is 11.9 Å². The molecule has 2 saturated carbocycles. The van der Waals surface area contributed by atoms with Crippen LogP contribution in [0.25, 0.3) is 0 Å². The van der Waals surface area contributed by atoms with Crippen molar-refractivity contribution >= 4 is 21.8 Å². The minimum Gasteiger partial charge on any atom is -0.342 e. The number of amides is 1. The molecule has 0 aromatic carbocycles. The van der Waals surface area contributed by atoms with E-state index in [1.54, 1.807) is 0 Å². The summed E-state index contributed by atoms with van der Waals surface area (Å²) >= 11 is 2.92. The summed E-state index contributed by atoms with van der Waals surface area (Å²) in [4.78, 5) is 13.6. The van der Waals surface area contributed by atoms with Crippen molar-refractivity contribution in [2.45, 2.75) is 31.7 Å². The topological polar surface area (TPSA) is 29.1 Å². The number of hydrogen-bond acceptors (Lipinski definition) is 1. The average Bonchev–Trinajstić information content (AvgIpc) is 2.80. The van der Waals surface area contributed by atoms with Crippen LogP contribution < -0.4 is 5.32 Å². The molecule has 0 saturated heterocycles. The summed E-state index contributed by atoms with van der Waals surface area (Å²) in [5, 5.41) is 2.95. The first-order valence-electron chi connectivity index (χ1n) is 4.75. The summed E-state index contributed by atoms with van der Waals surface area (Å²) < 4.78 is 0. The van der Waals surface area contributed by atoms with E-state index in [4.69, 9.17) is 0 Å². The fourth-order valence-corrected chi connectivity index (χ4v) is 2.62. The van der Waals surface area contributed by atoms with Gasteiger partial charge in [-0.15, -0.1) is 0 Å². The van der Waals surface area contributed by atoms with Crippen LogP contribution in [0.5, 0.6) is 0 Å². The summed E-state index contributed by atoms with van der Waals surface area (Å²) in [6, 6.07) is 0.434. The van der Waals surface area contributed by atoms with E-state index in [1.807, 2.05) is 0 Å². The number of hydrogen-bond donors (Lipinski definition) is 1. The minimum atomic E-state index is -0.142. The molecular weight excluding hydrogens is 230 g/mol. The van der Waals surface area contributed by atoms with Crippen molar-refractivity contribution in [3.63, 3.8) is 0 Å². The van der Waals surface area contributed by atoms with E-state index in [0.29, 0.717) is 6.04 Å². The number of carbonyl (C=O) groups is 1. The number of carbonyl (C=O) groups excluding carboxylic acids is 1. The van der Waals surface area contributed by atoms with Gasteiger partial charge in [-0.3, -0.25) is 4.79 Å². The van der Waals surface area contributed by atoms with E-state index in [1.165, 1.54) is 25.7 Å². The molecule has 2 unspecified atom stereocenters. The molecular formula is C10H12BrNO. The lowest BCUT2D eigenvalue weighted by Gasteiger charge is -2.04. The molecule has 2 atom stereocenters. The second-order valence-electron chi connectivity index (χ2n) is 3.83. The van der Waals surface area contributed by atoms with Crippen molar-refractivity contribution in [1.82, 2.24) is 5.32 Å². The Balaban J connectivity index is 1.83. The minimum absolute atomic E-state index is 0.142. The molecule has 0 aromatic rings. The molecule has 0 aliphatic heterocycles. The smallest absolute Gasteiger partial charge is 0.296 e. The molecule has 0 aromatic heterocycles. The van der Waals surface area contributed by atoms with Crippen molar-refractivity contribution in [2.75, 3.05) is 0 Å². The van der Waals surface area contributed by atoms with Gasteiger partial charge in [0, 0.05) is 27.9 Å². The molecule has 1 N–H and O–H groups in total. The van der Waals surface area contributed by atoms with Gasteiger partial charge in [0.05, 0.1) is 0 Å². The maximum absolute atomic E-state index is 11.1. The highest BCUT2D eigenvalue weighted by Crippen LogP contribution is 2.49. The van der Waals surface area contributed by atoms with Crippen molar-refractivity contribution in [2.24, 2.45) is 11.8 Å². The molecule has 0 bridgehead atoms. The van der Waals surface area contributed by atoms with Crippen molar-refractivity contribution < 1.29 is 4.79 Å². The largest absolute Gasteiger partial charge is 0.342 e. The molecule has 0 radical (unpaired) electrons. The van der Waals surface area contributed by atoms with Gasteiger partial charge in [-0.2, -0.15) is 0 Å². The Morgan fingerprint density at radius 1 is 1.31 bits per heavy atom. The number of fused-ring (bicyclic) bond motifs is 1. The van der Waals surface area contributed by atoms with E-state index in [2.05, 4.69) is 32.0 Å². The summed E-state index contributed by atoms with van der Waals surface area (Å²) in [5.74, 6) is 3.82. The second kappa shape index (κ2) is 3.71. The van der Waals surface area contributed by atoms with Crippen LogP contribution in [0.4, 0.5) is 0 Å². The molecule has 70 valence electrons. The first-order valence-corrected chi connectivity index (χ1v) is 5.54. The SMILES string of the molecule is O=C(C#CBr)NC1C2CCCCC21. The lowest BCUT2D eigenvalue weighted by Crippen LogP contribution is -2.25. The van der Waals surface area contributed by atoms with Gasteiger partial charge >= 0.3 is 0 Å². The summed E-state index contributed by atoms with van der Waals surface area (Å²) in [7, 11) is 0. The third kappa shape index (κ3) is 1.88. The zero-order valence-electron chi connectivity index (χ0n) is 7.35. The van der Waals surface area contributed by atoms with Gasteiger partial charge in [0.25, 0.3) is 5.91 Å². The van der Waals surface area contributed by atoms with E-state index < -0.39 is 0 Å². The third-order valence-corrected chi connectivity index (χ3v) is 3.31. The Labute approximate surface area is 86.6 Å². The molecule has 2 aliphatic carbocycles. The van der Waals surface area contributed by atoms with Crippen molar-refractivity contribution in [3.8, 4) is 10.8 Å². The molecule has 2 fully saturated rings. The highest BCUT2D eigenvalue weighted by Gasteiger charge is 2.51. The quantitative estimate of drug-likeness (QED) is 0.696. The average molecular weight is 242 g/mol. The second-order valence-corrected chi connectivity index (χ2v) is 4.23. The van der Waals surface area contributed by atoms with Crippen LogP contribution in [0.2, 0.25) is 0 Å². The monoisotopic (exact) mass is 241 g/mol. The van der Waals surface area contributed by atoms with Crippen LogP contribution in [-0.2, 0) is 4.79 Å². The van der Waals surface area contributed by atoms with Crippen LogP contribution >= 0.6 is 15.9 Å². The van der Waals surface area contributed by atoms with Crippen molar-refractivity contribution in [1.29, 1.82) is 0 Å². The van der Waals surface area contributed by atoms with Crippen LogP contribution in [0, 0.1) is 22.6 Å². The summed E-state index contributed by atoms with van der Waals surface area (Å²) in [6.07, 6.45) is 5.24. The standard InChI is InChI=1S/C10H12BrNO/c11-6-5-9(13)12-10-7-3-1-2-4-8(7)10/h7-8,10H,1-4H2,(H,12,13). The lowest BCUT2D eigenvalue weighted by atomic mass is 10.0. The van der Waals surface area contributed by atoms with Gasteiger partial charge in [0.2, 0.25) is 0 Å². The van der Waals surface area contributed by atoms with E-state index in [0.717, 1.165) is 11.8 Å². The highest BCUT2D eigenvalue weighted by molar-refractivity contribution is 9.12. The molecule has 3 heteroatoms. The van der Waals surface area contributed by atoms with Gasteiger partial charge in [-0.1, -0.05) is 12.8 Å². The zero-order valence-corrected chi connectivity index (χ0v) is 8.93. The van der Waals surface area contributed by atoms with Crippen LogP contribution in [0.1, 0.15) is 25.7 Å². The number of nitrogens with one attached hydrogen (secondary N) is 1. The Hall–Kier alpha value is -0.490. The molecule has 2 aliphatic rings. The number of halogens is 1. The van der Waals surface area contributed by atoms with E-state index in [-0.39, 0.29) is 5.91 Å². The summed E-state index contributed by atoms with van der Waals surface area (Å²) in [5.41, 5.74) is 0. The first kappa shape index (κ1) is 9.08. The first-order chi connectivity index (χ1) is 6.33. The van der Waals surface area contributed by atoms with Crippen LogP contribution in [0.15, 0.2) is 0 Å². The predicted octanol–water partition coefficient (Wildman–Crippen LogP) is 1.65. The van der Waals surface area contributed by atoms with Gasteiger partial charge < -0.3 is 5.32 Å². The molecule has 1 amide bonds. The molecule has 2 rings (SSSR count). The Morgan fingerprint density at radius 3 is 2.46 bits per heavy atom. The van der Waals surface area contributed by atoms with Crippen LogP contribution in [0.3, 0.4) is 0 Å². The molecule has 0 spiro atoms. The Morgan fingerprint density at radius 2 is 1.92 bits per heavy atom. The van der Waals surface area contributed by atoms with Gasteiger partial charge in [0.15, 0.2) is 0 Å². The maximum atomic E-state index is 11.1. The van der Waals surface area contributed by atoms with E-state index in [9.17, 15) is 4.79 Å². The third-order valence-electron chi connectivity index (χ3n) is 3.12. The maximum Gasteiger partial charge on any atom is 0.296 e. The summed E-state index contributed by atoms with van der Waals surface area (Å²) in [6.45, 7) is 0. The fraction of sp³-hybridized carbons (Fsp3) is 0.700. The van der Waals surface area contributed by atoms with E-state index >= 15 is 0 Å². The molecule has 2 nitrogen and oxygen atoms in total. The van der Waals surface area contributed by atoms with Gasteiger partial charge in [-0.25, -0.2) is 0 Å². The van der Waals surface area contributed by atoms with Crippen molar-refractivity contribution in [3.05, 3.63) is 0 Å². The molecule has 0 heterocycles. The predicted molar refractivity (Wildman–Crippen MR) is 54.1 cm³/mol. The Bertz CT molecular complexity index is 266. The normalized spacial score (nSPS) is 35.3. The lowest BCUT2D eigenvalue weighted by molar-refractivity contribution is -0.115. The Kier molecular flexibility index (Phi) is 2.59. The highest BCUT2D eigenvalue weighted by atomic mass is 79.9. The van der Waals surface area contributed by atoms with Gasteiger partial charge in [-0.05, 0) is 29.5 Å². The fourth-order valence-electron chi connectivity index (χ4n) is 2.44. The zero-order chi connectivity index (χ0) is 9.26. The molecule has 13 heavy (non-hydrogen) atoms. The van der Waals surface area contributed by atoms with Gasteiger partial charge in [0.1, 0.15) is 0 Å².